The topological polar surface area (TPSA) is 17.8 Å². The molecule has 0 saturated heterocycles. The van der Waals surface area contributed by atoms with Gasteiger partial charge in [-0.15, -0.1) is 0 Å². The maximum absolute atomic E-state index is 4.52. The molecule has 23 heavy (non-hydrogen) atoms. The van der Waals surface area contributed by atoms with Crippen molar-refractivity contribution >= 4 is 21.8 Å². The lowest BCUT2D eigenvalue weighted by Crippen LogP contribution is -1.93. The predicted molar refractivity (Wildman–Crippen MR) is 97.9 cm³/mol. The highest BCUT2D eigenvalue weighted by Gasteiger charge is 2.14. The van der Waals surface area contributed by atoms with Crippen LogP contribution in [0.1, 0.15) is 16.7 Å². The Labute approximate surface area is 136 Å². The highest BCUT2D eigenvalue weighted by atomic mass is 14.9. The third-order valence-electron chi connectivity index (χ3n) is 5.05. The van der Waals surface area contributed by atoms with Gasteiger partial charge in [-0.1, -0.05) is 30.3 Å². The summed E-state index contributed by atoms with van der Waals surface area (Å²) in [6.07, 6.45) is 3.97. The molecule has 0 amide bonds. The van der Waals surface area contributed by atoms with Gasteiger partial charge >= 0.3 is 0 Å². The fraction of sp³-hybridized carbons (Fsp3) is 0.190. The molecule has 2 heterocycles. The summed E-state index contributed by atoms with van der Waals surface area (Å²) in [7, 11) is 2.14. The molecule has 2 nitrogen and oxygen atoms in total. The van der Waals surface area contributed by atoms with E-state index in [4.69, 9.17) is 0 Å². The van der Waals surface area contributed by atoms with E-state index in [1.807, 2.05) is 12.4 Å². The van der Waals surface area contributed by atoms with Gasteiger partial charge in [0.1, 0.15) is 0 Å². The molecule has 114 valence electrons. The minimum absolute atomic E-state index is 1.20. The Morgan fingerprint density at radius 2 is 1.57 bits per heavy atom. The first-order valence-corrected chi connectivity index (χ1v) is 7.97. The van der Waals surface area contributed by atoms with E-state index in [0.717, 1.165) is 0 Å². The minimum Gasteiger partial charge on any atom is -0.343 e. The van der Waals surface area contributed by atoms with Gasteiger partial charge in [0.05, 0.1) is 5.52 Å². The Bertz CT molecular complexity index is 1030. The molecular formula is C21H20N2. The number of nitrogens with zero attached hydrogens (tertiary/aromatic N) is 2. The first-order chi connectivity index (χ1) is 11.1. The average molecular weight is 300 g/mol. The van der Waals surface area contributed by atoms with Gasteiger partial charge in [-0.05, 0) is 49.1 Å². The zero-order valence-corrected chi connectivity index (χ0v) is 14.0. The van der Waals surface area contributed by atoms with Gasteiger partial charge < -0.3 is 4.57 Å². The van der Waals surface area contributed by atoms with Gasteiger partial charge in [0.15, 0.2) is 0 Å². The summed E-state index contributed by atoms with van der Waals surface area (Å²) in [4.78, 5) is 4.52. The Balaban J connectivity index is 2.13. The first-order valence-electron chi connectivity index (χ1n) is 7.97. The molecule has 4 aromatic rings. The van der Waals surface area contributed by atoms with Gasteiger partial charge in [0.2, 0.25) is 0 Å². The number of hydrogen-bond donors (Lipinski definition) is 0. The quantitative estimate of drug-likeness (QED) is 0.465. The number of aromatic nitrogens is 2. The van der Waals surface area contributed by atoms with Gasteiger partial charge in [0, 0.05) is 41.3 Å². The number of hydrogen-bond acceptors (Lipinski definition) is 1. The molecule has 0 aliphatic rings. The maximum Gasteiger partial charge on any atom is 0.0599 e. The van der Waals surface area contributed by atoms with Crippen molar-refractivity contribution < 1.29 is 0 Å². The van der Waals surface area contributed by atoms with Crippen molar-refractivity contribution in [1.82, 2.24) is 9.55 Å². The molecule has 0 fully saturated rings. The van der Waals surface area contributed by atoms with E-state index < -0.39 is 0 Å². The van der Waals surface area contributed by atoms with E-state index in [9.17, 15) is 0 Å². The van der Waals surface area contributed by atoms with Crippen LogP contribution in [0.4, 0.5) is 0 Å². The number of aryl methyl sites for hydroxylation is 3. The molecule has 2 aromatic carbocycles. The average Bonchev–Trinajstić information content (AvgIpc) is 2.86. The fourth-order valence-electron chi connectivity index (χ4n) is 3.53. The minimum atomic E-state index is 1.20. The summed E-state index contributed by atoms with van der Waals surface area (Å²) in [5.74, 6) is 0. The van der Waals surface area contributed by atoms with Crippen molar-refractivity contribution in [3.05, 3.63) is 65.5 Å². The molecule has 4 rings (SSSR count). The Hall–Kier alpha value is -2.61. The summed E-state index contributed by atoms with van der Waals surface area (Å²) in [5.41, 5.74) is 8.97. The van der Waals surface area contributed by atoms with E-state index in [2.05, 4.69) is 73.8 Å². The number of pyridine rings is 1. The van der Waals surface area contributed by atoms with Crippen LogP contribution >= 0.6 is 0 Å². The number of rotatable bonds is 1. The van der Waals surface area contributed by atoms with E-state index in [0.29, 0.717) is 0 Å². The smallest absolute Gasteiger partial charge is 0.0599 e. The van der Waals surface area contributed by atoms with E-state index in [1.165, 1.54) is 49.6 Å². The van der Waals surface area contributed by atoms with Gasteiger partial charge in [0.25, 0.3) is 0 Å². The van der Waals surface area contributed by atoms with Crippen LogP contribution in [0.25, 0.3) is 32.9 Å². The SMILES string of the molecule is Cc1cc(-c2cncc3c4ccccc4n(C)c23)cc(C)c1C. The lowest BCUT2D eigenvalue weighted by Gasteiger charge is -2.11. The zero-order valence-electron chi connectivity index (χ0n) is 14.0. The Morgan fingerprint density at radius 3 is 2.30 bits per heavy atom. The van der Waals surface area contributed by atoms with Crippen molar-refractivity contribution in [2.45, 2.75) is 20.8 Å². The van der Waals surface area contributed by atoms with Crippen LogP contribution in [-0.4, -0.2) is 9.55 Å². The molecule has 0 saturated carbocycles. The summed E-state index contributed by atoms with van der Waals surface area (Å²) in [6, 6.07) is 13.1. The van der Waals surface area contributed by atoms with Crippen LogP contribution in [0.2, 0.25) is 0 Å². The van der Waals surface area contributed by atoms with E-state index >= 15 is 0 Å². The van der Waals surface area contributed by atoms with E-state index in [1.54, 1.807) is 0 Å². The molecule has 0 unspecified atom stereocenters. The second kappa shape index (κ2) is 4.95. The summed E-state index contributed by atoms with van der Waals surface area (Å²) >= 11 is 0. The second-order valence-electron chi connectivity index (χ2n) is 6.39. The molecule has 0 radical (unpaired) electrons. The summed E-state index contributed by atoms with van der Waals surface area (Å²) in [5, 5.41) is 2.48. The zero-order chi connectivity index (χ0) is 16.1. The Kier molecular flexibility index (Phi) is 3.02. The number of benzene rings is 2. The fourth-order valence-corrected chi connectivity index (χ4v) is 3.53. The maximum atomic E-state index is 4.52. The second-order valence-corrected chi connectivity index (χ2v) is 6.39. The first kappa shape index (κ1) is 14.0. The summed E-state index contributed by atoms with van der Waals surface area (Å²) in [6.45, 7) is 6.55. The molecule has 0 aliphatic heterocycles. The van der Waals surface area contributed by atoms with Crippen LogP contribution in [0.15, 0.2) is 48.8 Å². The normalized spacial score (nSPS) is 11.5. The predicted octanol–water partition coefficient (Wildman–Crippen LogP) is 5.32. The van der Waals surface area contributed by atoms with Crippen molar-refractivity contribution in [3.8, 4) is 11.1 Å². The standard InChI is InChI=1S/C21H20N2/c1-13-9-16(10-14(2)15(13)3)18-11-22-12-19-17-7-5-6-8-20(17)23(4)21(18)19/h5-12H,1-4H3. The largest absolute Gasteiger partial charge is 0.343 e. The van der Waals surface area contributed by atoms with Crippen molar-refractivity contribution in [2.75, 3.05) is 0 Å². The third-order valence-corrected chi connectivity index (χ3v) is 5.05. The molecular weight excluding hydrogens is 280 g/mol. The molecule has 2 aromatic heterocycles. The highest BCUT2D eigenvalue weighted by Crippen LogP contribution is 2.35. The monoisotopic (exact) mass is 300 g/mol. The Morgan fingerprint density at radius 1 is 0.870 bits per heavy atom. The molecule has 0 aliphatic carbocycles. The van der Waals surface area contributed by atoms with Gasteiger partial charge in [-0.2, -0.15) is 0 Å². The number of para-hydroxylation sites is 1. The summed E-state index contributed by atoms with van der Waals surface area (Å²) < 4.78 is 2.28. The highest BCUT2D eigenvalue weighted by molar-refractivity contribution is 6.12. The van der Waals surface area contributed by atoms with Crippen LogP contribution in [0, 0.1) is 20.8 Å². The number of fused-ring (bicyclic) bond motifs is 3. The molecule has 0 N–H and O–H groups in total. The van der Waals surface area contributed by atoms with Crippen LogP contribution in [0.3, 0.4) is 0 Å². The third kappa shape index (κ3) is 1.98. The molecule has 0 atom stereocenters. The molecule has 2 heteroatoms. The lowest BCUT2D eigenvalue weighted by molar-refractivity contribution is 1.01. The van der Waals surface area contributed by atoms with Crippen molar-refractivity contribution in [1.29, 1.82) is 0 Å². The molecule has 0 spiro atoms. The van der Waals surface area contributed by atoms with Crippen molar-refractivity contribution in [2.24, 2.45) is 7.05 Å². The van der Waals surface area contributed by atoms with Gasteiger partial charge in [-0.25, -0.2) is 0 Å². The van der Waals surface area contributed by atoms with Crippen LogP contribution < -0.4 is 0 Å². The van der Waals surface area contributed by atoms with Gasteiger partial charge in [-0.3, -0.25) is 4.98 Å². The van der Waals surface area contributed by atoms with Crippen molar-refractivity contribution in [3.63, 3.8) is 0 Å². The molecule has 0 bridgehead atoms. The lowest BCUT2D eigenvalue weighted by atomic mass is 9.96. The van der Waals surface area contributed by atoms with E-state index in [-0.39, 0.29) is 0 Å². The van der Waals surface area contributed by atoms with Crippen LogP contribution in [0.5, 0.6) is 0 Å². The van der Waals surface area contributed by atoms with Crippen LogP contribution in [-0.2, 0) is 7.05 Å².